The van der Waals surface area contributed by atoms with Crippen molar-refractivity contribution in [1.82, 2.24) is 5.32 Å². The second-order valence-corrected chi connectivity index (χ2v) is 7.83. The summed E-state index contributed by atoms with van der Waals surface area (Å²) >= 11 is 0. The number of hydrogen-bond acceptors (Lipinski definition) is 3. The summed E-state index contributed by atoms with van der Waals surface area (Å²) in [7, 11) is 0. The number of hydrogen-bond donors (Lipinski definition) is 1. The second-order valence-electron chi connectivity index (χ2n) is 7.83. The predicted molar refractivity (Wildman–Crippen MR) is 85.3 cm³/mol. The zero-order chi connectivity index (χ0) is 15.4. The van der Waals surface area contributed by atoms with Crippen LogP contribution in [-0.4, -0.2) is 24.7 Å². The molecule has 1 atom stereocenters. The van der Waals surface area contributed by atoms with Gasteiger partial charge in [0.2, 0.25) is 6.10 Å². The largest absolute Gasteiger partial charge is 0.485 e. The molecule has 4 heteroatoms. The van der Waals surface area contributed by atoms with Gasteiger partial charge < -0.3 is 14.8 Å². The first kappa shape index (κ1) is 13.7. The number of rotatable bonds is 2. The predicted octanol–water partition coefficient (Wildman–Crippen LogP) is 2.77. The Morgan fingerprint density at radius 2 is 1.61 bits per heavy atom. The van der Waals surface area contributed by atoms with Gasteiger partial charge in [-0.15, -0.1) is 0 Å². The molecule has 122 valence electrons. The van der Waals surface area contributed by atoms with E-state index in [4.69, 9.17) is 9.47 Å². The van der Waals surface area contributed by atoms with Crippen molar-refractivity contribution in [2.45, 2.75) is 44.2 Å². The fraction of sp³-hybridized carbons (Fsp3) is 0.632. The van der Waals surface area contributed by atoms with Crippen LogP contribution in [0, 0.1) is 23.7 Å². The SMILES string of the molecule is O=C(NC1C2CC3CC(C2)CC1C3)[C@H]1COc2ccccc2O1. The Hall–Kier alpha value is -1.71. The van der Waals surface area contributed by atoms with Crippen LogP contribution in [0.15, 0.2) is 24.3 Å². The average molecular weight is 313 g/mol. The summed E-state index contributed by atoms with van der Waals surface area (Å²) in [4.78, 5) is 12.7. The van der Waals surface area contributed by atoms with Crippen molar-refractivity contribution in [3.05, 3.63) is 24.3 Å². The third-order valence-corrected chi connectivity index (χ3v) is 6.34. The molecule has 0 aromatic heterocycles. The minimum Gasteiger partial charge on any atom is -0.485 e. The first-order chi connectivity index (χ1) is 11.3. The van der Waals surface area contributed by atoms with E-state index in [1.54, 1.807) is 0 Å². The summed E-state index contributed by atoms with van der Waals surface area (Å²) < 4.78 is 11.5. The van der Waals surface area contributed by atoms with E-state index < -0.39 is 6.10 Å². The van der Waals surface area contributed by atoms with Crippen LogP contribution in [0.2, 0.25) is 0 Å². The van der Waals surface area contributed by atoms with Gasteiger partial charge in [0.05, 0.1) is 0 Å². The highest BCUT2D eigenvalue weighted by molar-refractivity contribution is 5.82. The second kappa shape index (κ2) is 5.15. The molecular formula is C19H23NO3. The van der Waals surface area contributed by atoms with Crippen molar-refractivity contribution in [1.29, 1.82) is 0 Å². The fourth-order valence-electron chi connectivity index (χ4n) is 5.57. The Morgan fingerprint density at radius 1 is 0.957 bits per heavy atom. The lowest BCUT2D eigenvalue weighted by molar-refractivity contribution is -0.134. The molecule has 4 bridgehead atoms. The number of carbonyl (C=O) groups excluding carboxylic acids is 1. The summed E-state index contributed by atoms with van der Waals surface area (Å²) in [6.45, 7) is 0.302. The molecule has 4 fully saturated rings. The standard InChI is InChI=1S/C19H23NO3/c21-19(17-10-22-15-3-1-2-4-16(15)23-17)20-18-13-6-11-5-12(8-13)9-14(18)7-11/h1-4,11-14,17-18H,5-10H2,(H,20,21)/t11?,12?,13?,14?,17-,18?/m1/s1. The number of amides is 1. The summed E-state index contributed by atoms with van der Waals surface area (Å²) in [5.41, 5.74) is 0. The van der Waals surface area contributed by atoms with Crippen LogP contribution in [0.1, 0.15) is 32.1 Å². The highest BCUT2D eigenvalue weighted by atomic mass is 16.6. The zero-order valence-corrected chi connectivity index (χ0v) is 13.2. The summed E-state index contributed by atoms with van der Waals surface area (Å²) in [6, 6.07) is 7.91. The van der Waals surface area contributed by atoms with Gasteiger partial charge in [0.25, 0.3) is 5.91 Å². The molecule has 4 saturated carbocycles. The Morgan fingerprint density at radius 3 is 2.30 bits per heavy atom. The molecule has 1 aromatic carbocycles. The van der Waals surface area contributed by atoms with Gasteiger partial charge in [0, 0.05) is 6.04 Å². The van der Waals surface area contributed by atoms with Crippen LogP contribution in [-0.2, 0) is 4.79 Å². The normalized spacial score (nSPS) is 40.0. The molecule has 23 heavy (non-hydrogen) atoms. The van der Waals surface area contributed by atoms with Gasteiger partial charge in [0.1, 0.15) is 6.61 Å². The zero-order valence-electron chi connectivity index (χ0n) is 13.2. The van der Waals surface area contributed by atoms with E-state index in [-0.39, 0.29) is 5.91 Å². The van der Waals surface area contributed by atoms with E-state index in [1.165, 1.54) is 32.1 Å². The number of para-hydroxylation sites is 2. The molecule has 0 unspecified atom stereocenters. The Kier molecular flexibility index (Phi) is 3.07. The van der Waals surface area contributed by atoms with Crippen LogP contribution in [0.5, 0.6) is 11.5 Å². The summed E-state index contributed by atoms with van der Waals surface area (Å²) in [5, 5.41) is 3.32. The maximum Gasteiger partial charge on any atom is 0.264 e. The van der Waals surface area contributed by atoms with Gasteiger partial charge in [-0.2, -0.15) is 0 Å². The fourth-order valence-corrected chi connectivity index (χ4v) is 5.57. The molecule has 0 radical (unpaired) electrons. The van der Waals surface area contributed by atoms with Gasteiger partial charge in [-0.05, 0) is 67.9 Å². The lowest BCUT2D eigenvalue weighted by atomic mass is 9.54. The van der Waals surface area contributed by atoms with Gasteiger partial charge >= 0.3 is 0 Å². The molecular weight excluding hydrogens is 290 g/mol. The molecule has 5 aliphatic rings. The highest BCUT2D eigenvalue weighted by Crippen LogP contribution is 2.53. The van der Waals surface area contributed by atoms with Gasteiger partial charge in [-0.1, -0.05) is 12.1 Å². The van der Waals surface area contributed by atoms with Crippen molar-refractivity contribution in [2.75, 3.05) is 6.61 Å². The highest BCUT2D eigenvalue weighted by Gasteiger charge is 2.49. The van der Waals surface area contributed by atoms with Crippen LogP contribution in [0.3, 0.4) is 0 Å². The average Bonchev–Trinajstić information content (AvgIpc) is 2.57. The van der Waals surface area contributed by atoms with Crippen LogP contribution >= 0.6 is 0 Å². The molecule has 0 spiro atoms. The van der Waals surface area contributed by atoms with E-state index >= 15 is 0 Å². The van der Waals surface area contributed by atoms with Crippen molar-refractivity contribution in [3.63, 3.8) is 0 Å². The minimum absolute atomic E-state index is 0.00280. The molecule has 4 aliphatic carbocycles. The molecule has 1 heterocycles. The summed E-state index contributed by atoms with van der Waals surface area (Å²) in [6.07, 6.45) is 6.14. The molecule has 1 aromatic rings. The Balaban J connectivity index is 1.28. The lowest BCUT2D eigenvalue weighted by Gasteiger charge is -2.54. The number of nitrogens with one attached hydrogen (secondary N) is 1. The van der Waals surface area contributed by atoms with Gasteiger partial charge in [-0.3, -0.25) is 4.79 Å². The first-order valence-electron chi connectivity index (χ1n) is 8.95. The lowest BCUT2D eigenvalue weighted by Crippen LogP contribution is -2.58. The van der Waals surface area contributed by atoms with E-state index in [1.807, 2.05) is 24.3 Å². The van der Waals surface area contributed by atoms with Crippen molar-refractivity contribution in [2.24, 2.45) is 23.7 Å². The van der Waals surface area contributed by atoms with Crippen molar-refractivity contribution < 1.29 is 14.3 Å². The molecule has 4 nitrogen and oxygen atoms in total. The molecule has 6 rings (SSSR count). The van der Waals surface area contributed by atoms with Crippen molar-refractivity contribution >= 4 is 5.91 Å². The van der Waals surface area contributed by atoms with E-state index in [9.17, 15) is 4.79 Å². The maximum absolute atomic E-state index is 12.7. The Labute approximate surface area is 136 Å². The number of fused-ring (bicyclic) bond motifs is 1. The first-order valence-corrected chi connectivity index (χ1v) is 8.95. The molecule has 0 saturated heterocycles. The van der Waals surface area contributed by atoms with Crippen molar-refractivity contribution in [3.8, 4) is 11.5 Å². The number of carbonyl (C=O) groups is 1. The smallest absolute Gasteiger partial charge is 0.264 e. The third kappa shape index (κ3) is 2.30. The topological polar surface area (TPSA) is 47.6 Å². The molecule has 1 N–H and O–H groups in total. The number of ether oxygens (including phenoxy) is 2. The van der Waals surface area contributed by atoms with Gasteiger partial charge in [-0.25, -0.2) is 0 Å². The molecule has 1 amide bonds. The quantitative estimate of drug-likeness (QED) is 0.913. The Bertz CT molecular complexity index is 601. The minimum atomic E-state index is -0.526. The van der Waals surface area contributed by atoms with E-state index in [2.05, 4.69) is 5.32 Å². The maximum atomic E-state index is 12.7. The van der Waals surface area contributed by atoms with Crippen LogP contribution < -0.4 is 14.8 Å². The molecule has 1 aliphatic heterocycles. The number of benzene rings is 1. The summed E-state index contributed by atoms with van der Waals surface area (Å²) in [5.74, 6) is 4.62. The van der Waals surface area contributed by atoms with Gasteiger partial charge in [0.15, 0.2) is 11.5 Å². The van der Waals surface area contributed by atoms with Crippen LogP contribution in [0.4, 0.5) is 0 Å². The monoisotopic (exact) mass is 313 g/mol. The van der Waals surface area contributed by atoms with E-state index in [0.29, 0.717) is 30.2 Å². The van der Waals surface area contributed by atoms with Crippen LogP contribution in [0.25, 0.3) is 0 Å². The van der Waals surface area contributed by atoms with E-state index in [0.717, 1.165) is 17.6 Å². The third-order valence-electron chi connectivity index (χ3n) is 6.34.